The van der Waals surface area contributed by atoms with Crippen molar-refractivity contribution in [3.8, 4) is 22.8 Å². The van der Waals surface area contributed by atoms with Gasteiger partial charge in [-0.15, -0.1) is 0 Å². The molecule has 0 spiro atoms. The highest BCUT2D eigenvalue weighted by molar-refractivity contribution is 5.87. The van der Waals surface area contributed by atoms with Gasteiger partial charge in [-0.05, 0) is 37.1 Å². The highest BCUT2D eigenvalue weighted by atomic mass is 16.5. The van der Waals surface area contributed by atoms with Crippen molar-refractivity contribution in [3.63, 3.8) is 0 Å². The van der Waals surface area contributed by atoms with E-state index in [2.05, 4.69) is 10.2 Å². The molecule has 0 aliphatic rings. The molecular weight excluding hydrogens is 260 g/mol. The third-order valence-electron chi connectivity index (χ3n) is 3.30. The van der Waals surface area contributed by atoms with Crippen molar-refractivity contribution in [2.75, 3.05) is 14.2 Å². The maximum atomic E-state index is 10.9. The molecule has 1 heterocycles. The topological polar surface area (TPSA) is 84.4 Å². The third-order valence-corrected chi connectivity index (χ3v) is 3.30. The fourth-order valence-corrected chi connectivity index (χ4v) is 2.10. The van der Waals surface area contributed by atoms with Crippen LogP contribution in [0.25, 0.3) is 11.3 Å². The van der Waals surface area contributed by atoms with E-state index in [9.17, 15) is 4.79 Å². The van der Waals surface area contributed by atoms with Gasteiger partial charge in [-0.3, -0.25) is 5.10 Å². The molecule has 1 aromatic heterocycles. The Balaban J connectivity index is 2.65. The molecule has 0 saturated carbocycles. The standard InChI is InChI=1S/C14H16N2O4/c1-7-8(2)13(20-4)9(5-12(7)19-3)10-6-11(14(17)18)16-15-10/h5-6H,1-4H3,(H,15,16)(H,17,18). The summed E-state index contributed by atoms with van der Waals surface area (Å²) in [6.07, 6.45) is 0. The van der Waals surface area contributed by atoms with Crippen molar-refractivity contribution < 1.29 is 19.4 Å². The van der Waals surface area contributed by atoms with E-state index in [0.29, 0.717) is 22.8 Å². The van der Waals surface area contributed by atoms with Gasteiger partial charge in [0.05, 0.1) is 19.9 Å². The Morgan fingerprint density at radius 2 is 1.90 bits per heavy atom. The highest BCUT2D eigenvalue weighted by Crippen LogP contribution is 2.38. The van der Waals surface area contributed by atoms with E-state index in [1.165, 1.54) is 6.07 Å². The molecule has 6 heteroatoms. The zero-order valence-electron chi connectivity index (χ0n) is 11.8. The number of ether oxygens (including phenoxy) is 2. The maximum absolute atomic E-state index is 10.9. The number of carboxylic acids is 1. The number of hydrogen-bond donors (Lipinski definition) is 2. The molecule has 2 aromatic rings. The molecule has 0 aliphatic carbocycles. The number of H-pyrrole nitrogens is 1. The van der Waals surface area contributed by atoms with Crippen LogP contribution in [0.3, 0.4) is 0 Å². The first-order valence-electron chi connectivity index (χ1n) is 6.00. The van der Waals surface area contributed by atoms with E-state index < -0.39 is 5.97 Å². The molecule has 2 rings (SSSR count). The molecule has 0 radical (unpaired) electrons. The van der Waals surface area contributed by atoms with E-state index in [0.717, 1.165) is 11.1 Å². The summed E-state index contributed by atoms with van der Waals surface area (Å²) in [6.45, 7) is 3.86. The monoisotopic (exact) mass is 276 g/mol. The molecule has 0 amide bonds. The molecule has 2 N–H and O–H groups in total. The van der Waals surface area contributed by atoms with Crippen LogP contribution in [0, 0.1) is 13.8 Å². The molecule has 1 aromatic carbocycles. The number of hydrogen-bond acceptors (Lipinski definition) is 4. The Labute approximate surface area is 116 Å². The van der Waals surface area contributed by atoms with E-state index >= 15 is 0 Å². The Bertz CT molecular complexity index is 661. The number of rotatable bonds is 4. The van der Waals surface area contributed by atoms with Crippen molar-refractivity contribution in [2.24, 2.45) is 0 Å². The second-order valence-corrected chi connectivity index (χ2v) is 4.38. The zero-order chi connectivity index (χ0) is 14.9. The fourth-order valence-electron chi connectivity index (χ4n) is 2.10. The summed E-state index contributed by atoms with van der Waals surface area (Å²) in [6, 6.07) is 3.26. The summed E-state index contributed by atoms with van der Waals surface area (Å²) < 4.78 is 10.8. The van der Waals surface area contributed by atoms with Crippen LogP contribution in [-0.2, 0) is 0 Å². The fraction of sp³-hybridized carbons (Fsp3) is 0.286. The molecule has 0 atom stereocenters. The third kappa shape index (κ3) is 2.20. The van der Waals surface area contributed by atoms with Crippen molar-refractivity contribution >= 4 is 5.97 Å². The van der Waals surface area contributed by atoms with Crippen LogP contribution in [0.2, 0.25) is 0 Å². The number of nitrogens with one attached hydrogen (secondary N) is 1. The van der Waals surface area contributed by atoms with Crippen LogP contribution >= 0.6 is 0 Å². The van der Waals surface area contributed by atoms with Gasteiger partial charge >= 0.3 is 5.97 Å². The molecule has 106 valence electrons. The molecule has 0 aliphatic heterocycles. The van der Waals surface area contributed by atoms with Crippen molar-refractivity contribution in [2.45, 2.75) is 13.8 Å². The summed E-state index contributed by atoms with van der Waals surface area (Å²) in [7, 11) is 3.16. The number of benzene rings is 1. The lowest BCUT2D eigenvalue weighted by Crippen LogP contribution is -1.97. The number of aromatic nitrogens is 2. The molecule has 20 heavy (non-hydrogen) atoms. The Morgan fingerprint density at radius 1 is 1.20 bits per heavy atom. The smallest absolute Gasteiger partial charge is 0.353 e. The van der Waals surface area contributed by atoms with Crippen molar-refractivity contribution in [1.29, 1.82) is 0 Å². The van der Waals surface area contributed by atoms with Crippen molar-refractivity contribution in [1.82, 2.24) is 10.2 Å². The van der Waals surface area contributed by atoms with Crippen LogP contribution in [0.1, 0.15) is 21.6 Å². The van der Waals surface area contributed by atoms with Gasteiger partial charge in [0.2, 0.25) is 0 Å². The first kappa shape index (κ1) is 13.9. The Hall–Kier alpha value is -2.50. The lowest BCUT2D eigenvalue weighted by atomic mass is 10.0. The van der Waals surface area contributed by atoms with Gasteiger partial charge in [-0.2, -0.15) is 5.10 Å². The molecule has 0 saturated heterocycles. The number of aromatic amines is 1. The van der Waals surface area contributed by atoms with Crippen LogP contribution in [0.4, 0.5) is 0 Å². The van der Waals surface area contributed by atoms with E-state index in [1.54, 1.807) is 20.3 Å². The van der Waals surface area contributed by atoms with Gasteiger partial charge < -0.3 is 14.6 Å². The predicted octanol–water partition coefficient (Wildman–Crippen LogP) is 2.41. The number of methoxy groups -OCH3 is 2. The Morgan fingerprint density at radius 3 is 2.40 bits per heavy atom. The molecule has 0 bridgehead atoms. The minimum absolute atomic E-state index is 0.0271. The summed E-state index contributed by atoms with van der Waals surface area (Å²) in [5.74, 6) is 0.309. The molecule has 0 fully saturated rings. The van der Waals surface area contributed by atoms with Gasteiger partial charge in [0, 0.05) is 5.56 Å². The zero-order valence-corrected chi connectivity index (χ0v) is 11.8. The van der Waals surface area contributed by atoms with E-state index in [4.69, 9.17) is 14.6 Å². The SMILES string of the molecule is COc1cc(-c2cc(C(=O)O)[nH]n2)c(OC)c(C)c1C. The van der Waals surface area contributed by atoms with Crippen LogP contribution in [0.15, 0.2) is 12.1 Å². The van der Waals surface area contributed by atoms with Gasteiger partial charge in [-0.1, -0.05) is 0 Å². The van der Waals surface area contributed by atoms with Gasteiger partial charge in [0.25, 0.3) is 0 Å². The summed E-state index contributed by atoms with van der Waals surface area (Å²) >= 11 is 0. The van der Waals surface area contributed by atoms with Gasteiger partial charge in [0.1, 0.15) is 17.2 Å². The first-order valence-corrected chi connectivity index (χ1v) is 6.00. The van der Waals surface area contributed by atoms with Crippen molar-refractivity contribution in [3.05, 3.63) is 29.0 Å². The summed E-state index contributed by atoms with van der Waals surface area (Å²) in [4.78, 5) is 10.9. The Kier molecular flexibility index (Phi) is 3.65. The maximum Gasteiger partial charge on any atom is 0.353 e. The average Bonchev–Trinajstić information content (AvgIpc) is 2.91. The van der Waals surface area contributed by atoms with Crippen LogP contribution in [0.5, 0.6) is 11.5 Å². The molecule has 6 nitrogen and oxygen atoms in total. The minimum Gasteiger partial charge on any atom is -0.496 e. The highest BCUT2D eigenvalue weighted by Gasteiger charge is 2.18. The molecular formula is C14H16N2O4. The first-order chi connectivity index (χ1) is 9.49. The van der Waals surface area contributed by atoms with E-state index in [-0.39, 0.29) is 5.69 Å². The second-order valence-electron chi connectivity index (χ2n) is 4.38. The minimum atomic E-state index is -1.06. The summed E-state index contributed by atoms with van der Waals surface area (Å²) in [5, 5.41) is 15.4. The number of aromatic carboxylic acids is 1. The summed E-state index contributed by atoms with van der Waals surface area (Å²) in [5.41, 5.74) is 3.12. The molecule has 0 unspecified atom stereocenters. The average molecular weight is 276 g/mol. The van der Waals surface area contributed by atoms with Crippen LogP contribution in [-0.4, -0.2) is 35.5 Å². The number of carbonyl (C=O) groups is 1. The normalized spacial score (nSPS) is 10.4. The van der Waals surface area contributed by atoms with Gasteiger partial charge in [0.15, 0.2) is 0 Å². The lowest BCUT2D eigenvalue weighted by molar-refractivity contribution is 0.0690. The number of nitrogens with zero attached hydrogens (tertiary/aromatic N) is 1. The van der Waals surface area contributed by atoms with E-state index in [1.807, 2.05) is 13.8 Å². The largest absolute Gasteiger partial charge is 0.496 e. The lowest BCUT2D eigenvalue weighted by Gasteiger charge is -2.15. The predicted molar refractivity (Wildman–Crippen MR) is 73.6 cm³/mol. The van der Waals surface area contributed by atoms with Gasteiger partial charge in [-0.25, -0.2) is 4.79 Å². The quantitative estimate of drug-likeness (QED) is 0.895. The number of carboxylic acid groups (broad SMARTS) is 1. The second kappa shape index (κ2) is 5.24. The van der Waals surface area contributed by atoms with Crippen LogP contribution < -0.4 is 9.47 Å².